The molecule has 0 unspecified atom stereocenters. The monoisotopic (exact) mass is 224 g/mol. The number of nitrogens with one attached hydrogen (secondary N) is 1. The van der Waals surface area contributed by atoms with Crippen LogP contribution < -0.4 is 10.1 Å². The third-order valence-electron chi connectivity index (χ3n) is 1.85. The molecule has 0 saturated carbocycles. The van der Waals surface area contributed by atoms with Gasteiger partial charge in [0.1, 0.15) is 5.75 Å². The minimum Gasteiger partial charge on any atom is -0.491 e. The Morgan fingerprint density at radius 2 is 2.12 bits per heavy atom. The number of rotatable bonds is 5. The summed E-state index contributed by atoms with van der Waals surface area (Å²) in [5.74, 6) is 0.514. The molecule has 0 bridgehead atoms. The lowest BCUT2D eigenvalue weighted by atomic mass is 10.2. The molecule has 88 valence electrons. The number of hydrogen-bond acceptors (Lipinski definition) is 4. The van der Waals surface area contributed by atoms with Crippen LogP contribution in [0.1, 0.15) is 20.8 Å². The third-order valence-corrected chi connectivity index (χ3v) is 1.85. The van der Waals surface area contributed by atoms with Gasteiger partial charge in [0.2, 0.25) is 0 Å². The highest BCUT2D eigenvalue weighted by atomic mass is 16.6. The fraction of sp³-hybridized carbons (Fsp3) is 0.455. The van der Waals surface area contributed by atoms with Crippen LogP contribution in [0.25, 0.3) is 0 Å². The molecule has 0 fully saturated rings. The number of hydrogen-bond donors (Lipinski definition) is 1. The van der Waals surface area contributed by atoms with Crippen LogP contribution in [0.5, 0.6) is 5.75 Å². The van der Waals surface area contributed by atoms with Crippen LogP contribution in [0, 0.1) is 10.1 Å². The quantitative estimate of drug-likeness (QED) is 0.617. The Kier molecular flexibility index (Phi) is 4.10. The van der Waals surface area contributed by atoms with Crippen LogP contribution in [0.4, 0.5) is 11.4 Å². The first kappa shape index (κ1) is 12.3. The second-order valence-electron chi connectivity index (χ2n) is 3.67. The third kappa shape index (κ3) is 3.42. The van der Waals surface area contributed by atoms with E-state index in [1.807, 2.05) is 20.8 Å². The smallest absolute Gasteiger partial charge is 0.275 e. The molecule has 1 N–H and O–H groups in total. The Bertz CT molecular complexity index is 377. The van der Waals surface area contributed by atoms with Gasteiger partial charge in [-0.1, -0.05) is 0 Å². The van der Waals surface area contributed by atoms with Crippen molar-refractivity contribution >= 4 is 11.4 Å². The summed E-state index contributed by atoms with van der Waals surface area (Å²) in [4.78, 5) is 10.3. The fourth-order valence-electron chi connectivity index (χ4n) is 1.34. The Morgan fingerprint density at radius 3 is 2.62 bits per heavy atom. The van der Waals surface area contributed by atoms with Crippen LogP contribution >= 0.6 is 0 Å². The van der Waals surface area contributed by atoms with E-state index < -0.39 is 4.92 Å². The van der Waals surface area contributed by atoms with Crippen LogP contribution in [-0.4, -0.2) is 17.6 Å². The first-order valence-corrected chi connectivity index (χ1v) is 5.23. The van der Waals surface area contributed by atoms with Crippen molar-refractivity contribution in [3.63, 3.8) is 0 Å². The van der Waals surface area contributed by atoms with Gasteiger partial charge in [0, 0.05) is 24.4 Å². The van der Waals surface area contributed by atoms with E-state index in [9.17, 15) is 10.1 Å². The topological polar surface area (TPSA) is 64.4 Å². The van der Waals surface area contributed by atoms with E-state index in [4.69, 9.17) is 4.74 Å². The molecule has 0 aliphatic heterocycles. The number of nitro benzene ring substituents is 1. The maximum absolute atomic E-state index is 10.7. The summed E-state index contributed by atoms with van der Waals surface area (Å²) in [5, 5.41) is 13.7. The van der Waals surface area contributed by atoms with Crippen LogP contribution in [0.2, 0.25) is 0 Å². The maximum atomic E-state index is 10.7. The lowest BCUT2D eigenvalue weighted by Gasteiger charge is -2.11. The number of non-ortho nitro benzene ring substituents is 1. The van der Waals surface area contributed by atoms with Gasteiger partial charge in [0.05, 0.1) is 17.1 Å². The lowest BCUT2D eigenvalue weighted by molar-refractivity contribution is -0.384. The molecule has 0 spiro atoms. The summed E-state index contributed by atoms with van der Waals surface area (Å²) in [6.45, 7) is 6.40. The molecule has 5 heteroatoms. The van der Waals surface area contributed by atoms with Gasteiger partial charge in [0.25, 0.3) is 5.69 Å². The molecular formula is C11H16N2O3. The second-order valence-corrected chi connectivity index (χ2v) is 3.67. The van der Waals surface area contributed by atoms with Crippen molar-refractivity contribution in [3.05, 3.63) is 28.3 Å². The Morgan fingerprint density at radius 1 is 1.44 bits per heavy atom. The van der Waals surface area contributed by atoms with E-state index in [1.54, 1.807) is 6.07 Å². The molecule has 0 aliphatic rings. The first-order valence-electron chi connectivity index (χ1n) is 5.23. The molecule has 0 aromatic heterocycles. The molecule has 0 amide bonds. The molecule has 1 aromatic rings. The standard InChI is InChI=1S/C11H16N2O3/c1-4-12-9-5-10(13(14)15)7-11(6-9)16-8(2)3/h5-8,12H,4H2,1-3H3. The molecule has 1 rings (SSSR count). The van der Waals surface area contributed by atoms with Crippen LogP contribution in [-0.2, 0) is 0 Å². The Hall–Kier alpha value is -1.78. The zero-order valence-electron chi connectivity index (χ0n) is 9.69. The van der Waals surface area contributed by atoms with E-state index in [-0.39, 0.29) is 11.8 Å². The molecule has 0 saturated heterocycles. The van der Waals surface area contributed by atoms with Crippen molar-refractivity contribution in [2.75, 3.05) is 11.9 Å². The van der Waals surface area contributed by atoms with E-state index in [1.165, 1.54) is 12.1 Å². The highest BCUT2D eigenvalue weighted by Gasteiger charge is 2.10. The van der Waals surface area contributed by atoms with Crippen LogP contribution in [0.15, 0.2) is 18.2 Å². The van der Waals surface area contributed by atoms with Gasteiger partial charge < -0.3 is 10.1 Å². The number of ether oxygens (including phenoxy) is 1. The van der Waals surface area contributed by atoms with Crippen LogP contribution in [0.3, 0.4) is 0 Å². The Labute approximate surface area is 94.6 Å². The van der Waals surface area contributed by atoms with E-state index in [0.717, 1.165) is 0 Å². The van der Waals surface area contributed by atoms with Gasteiger partial charge in [-0.05, 0) is 20.8 Å². The maximum Gasteiger partial charge on any atom is 0.275 e. The summed E-state index contributed by atoms with van der Waals surface area (Å²) in [6, 6.07) is 4.69. The summed E-state index contributed by atoms with van der Waals surface area (Å²) >= 11 is 0. The van der Waals surface area contributed by atoms with Crippen molar-refractivity contribution in [1.29, 1.82) is 0 Å². The van der Waals surface area contributed by atoms with Gasteiger partial charge >= 0.3 is 0 Å². The highest BCUT2D eigenvalue weighted by Crippen LogP contribution is 2.26. The zero-order chi connectivity index (χ0) is 12.1. The van der Waals surface area contributed by atoms with Crippen molar-refractivity contribution in [2.24, 2.45) is 0 Å². The van der Waals surface area contributed by atoms with E-state index in [0.29, 0.717) is 18.0 Å². The number of anilines is 1. The van der Waals surface area contributed by atoms with Gasteiger partial charge in [0.15, 0.2) is 0 Å². The molecule has 16 heavy (non-hydrogen) atoms. The van der Waals surface area contributed by atoms with Crippen molar-refractivity contribution in [1.82, 2.24) is 0 Å². The molecular weight excluding hydrogens is 208 g/mol. The summed E-state index contributed by atoms with van der Waals surface area (Å²) in [6.07, 6.45) is -0.00326. The average Bonchev–Trinajstić information content (AvgIpc) is 2.16. The summed E-state index contributed by atoms with van der Waals surface area (Å²) in [5.41, 5.74) is 0.737. The number of nitro groups is 1. The molecule has 5 nitrogen and oxygen atoms in total. The highest BCUT2D eigenvalue weighted by molar-refractivity contribution is 5.56. The van der Waals surface area contributed by atoms with Gasteiger partial charge in [-0.25, -0.2) is 0 Å². The van der Waals surface area contributed by atoms with Gasteiger partial charge in [-0.2, -0.15) is 0 Å². The molecule has 0 aliphatic carbocycles. The zero-order valence-corrected chi connectivity index (χ0v) is 9.69. The largest absolute Gasteiger partial charge is 0.491 e. The van der Waals surface area contributed by atoms with Crippen molar-refractivity contribution < 1.29 is 9.66 Å². The molecule has 0 atom stereocenters. The predicted octanol–water partition coefficient (Wildman–Crippen LogP) is 2.81. The first-order chi connectivity index (χ1) is 7.52. The average molecular weight is 224 g/mol. The predicted molar refractivity (Wildman–Crippen MR) is 63.0 cm³/mol. The van der Waals surface area contributed by atoms with Gasteiger partial charge in [-0.15, -0.1) is 0 Å². The molecule has 1 aromatic carbocycles. The molecule has 0 radical (unpaired) electrons. The van der Waals surface area contributed by atoms with Crippen molar-refractivity contribution in [3.8, 4) is 5.75 Å². The lowest BCUT2D eigenvalue weighted by Crippen LogP contribution is -2.06. The van der Waals surface area contributed by atoms with E-state index in [2.05, 4.69) is 5.32 Å². The Balaban J connectivity index is 3.03. The summed E-state index contributed by atoms with van der Waals surface area (Å²) in [7, 11) is 0. The number of benzene rings is 1. The van der Waals surface area contributed by atoms with Crippen molar-refractivity contribution in [2.45, 2.75) is 26.9 Å². The number of nitrogens with zero attached hydrogens (tertiary/aromatic N) is 1. The summed E-state index contributed by atoms with van der Waals surface area (Å²) < 4.78 is 5.45. The minimum absolute atomic E-state index is 0.00326. The van der Waals surface area contributed by atoms with Gasteiger partial charge in [-0.3, -0.25) is 10.1 Å². The molecule has 0 heterocycles. The fourth-order valence-corrected chi connectivity index (χ4v) is 1.34. The minimum atomic E-state index is -0.423. The SMILES string of the molecule is CCNc1cc(OC(C)C)cc([N+](=O)[O-])c1. The second kappa shape index (κ2) is 5.34. The van der Waals surface area contributed by atoms with E-state index >= 15 is 0 Å². The normalized spacial score (nSPS) is 10.2.